The van der Waals surface area contributed by atoms with Crippen molar-refractivity contribution in [3.8, 4) is 0 Å². The number of tetrazole rings is 1. The lowest BCUT2D eigenvalue weighted by Crippen LogP contribution is -2.26. The Morgan fingerprint density at radius 1 is 1.40 bits per heavy atom. The van der Waals surface area contributed by atoms with Crippen LogP contribution in [0.3, 0.4) is 0 Å². The predicted molar refractivity (Wildman–Crippen MR) is 91.5 cm³/mol. The summed E-state index contributed by atoms with van der Waals surface area (Å²) in [5.41, 5.74) is 3.77. The van der Waals surface area contributed by atoms with Crippen molar-refractivity contribution in [3.05, 3.63) is 47.3 Å². The molecule has 132 valence electrons. The predicted octanol–water partition coefficient (Wildman–Crippen LogP) is 1.11. The first-order valence-corrected chi connectivity index (χ1v) is 8.35. The molecule has 1 aliphatic heterocycles. The standard InChI is InChI=1S/C17H22N6O2/c1-22-19-16(18-21-22)10-12-23-11-2-3-15(23)14-7-4-13(5-8-14)6-9-17(24)20-25/h4-9,15,25H,2-3,10-12H2,1H3,(H,20,24)/b9-6+. The molecule has 2 N–H and O–H groups in total. The van der Waals surface area contributed by atoms with Crippen LogP contribution in [-0.4, -0.2) is 49.3 Å². The molecule has 0 saturated carbocycles. The van der Waals surface area contributed by atoms with Gasteiger partial charge in [-0.1, -0.05) is 24.3 Å². The van der Waals surface area contributed by atoms with E-state index in [1.165, 1.54) is 22.9 Å². The number of hydrogen-bond donors (Lipinski definition) is 2. The van der Waals surface area contributed by atoms with Gasteiger partial charge in [0.15, 0.2) is 5.82 Å². The number of carbonyl (C=O) groups is 1. The maximum atomic E-state index is 11.0. The first-order chi connectivity index (χ1) is 12.2. The van der Waals surface area contributed by atoms with E-state index in [-0.39, 0.29) is 0 Å². The monoisotopic (exact) mass is 342 g/mol. The average molecular weight is 342 g/mol. The van der Waals surface area contributed by atoms with Gasteiger partial charge in [0.05, 0.1) is 7.05 Å². The Morgan fingerprint density at radius 2 is 2.20 bits per heavy atom. The second-order valence-corrected chi connectivity index (χ2v) is 6.12. The Kier molecular flexibility index (Phi) is 5.52. The summed E-state index contributed by atoms with van der Waals surface area (Å²) in [6.07, 6.45) is 6.07. The van der Waals surface area contributed by atoms with E-state index in [2.05, 4.69) is 32.4 Å². The molecule has 1 amide bonds. The van der Waals surface area contributed by atoms with E-state index in [0.717, 1.165) is 37.3 Å². The first kappa shape index (κ1) is 17.2. The van der Waals surface area contributed by atoms with Gasteiger partial charge in [0.25, 0.3) is 5.91 Å². The molecular weight excluding hydrogens is 320 g/mol. The summed E-state index contributed by atoms with van der Waals surface area (Å²) in [7, 11) is 1.77. The van der Waals surface area contributed by atoms with Crippen molar-refractivity contribution < 1.29 is 10.0 Å². The number of aromatic nitrogens is 4. The van der Waals surface area contributed by atoms with Crippen LogP contribution in [0.2, 0.25) is 0 Å². The van der Waals surface area contributed by atoms with Gasteiger partial charge in [0.2, 0.25) is 0 Å². The maximum Gasteiger partial charge on any atom is 0.267 e. The summed E-state index contributed by atoms with van der Waals surface area (Å²) in [5.74, 6) is 0.236. The van der Waals surface area contributed by atoms with Crippen LogP contribution >= 0.6 is 0 Å². The molecule has 8 nitrogen and oxygen atoms in total. The number of nitrogens with one attached hydrogen (secondary N) is 1. The molecule has 0 radical (unpaired) electrons. The lowest BCUT2D eigenvalue weighted by Gasteiger charge is -2.24. The van der Waals surface area contributed by atoms with Gasteiger partial charge < -0.3 is 0 Å². The molecule has 2 heterocycles. The number of benzene rings is 1. The van der Waals surface area contributed by atoms with Gasteiger partial charge in [-0.2, -0.15) is 4.80 Å². The summed E-state index contributed by atoms with van der Waals surface area (Å²) in [4.78, 5) is 15.0. The Labute approximate surface area is 146 Å². The van der Waals surface area contributed by atoms with Crippen LogP contribution in [0, 0.1) is 0 Å². The Morgan fingerprint density at radius 3 is 2.88 bits per heavy atom. The van der Waals surface area contributed by atoms with E-state index in [0.29, 0.717) is 6.04 Å². The van der Waals surface area contributed by atoms with Crippen molar-refractivity contribution in [2.24, 2.45) is 7.05 Å². The molecule has 3 rings (SSSR count). The minimum Gasteiger partial charge on any atom is -0.296 e. The van der Waals surface area contributed by atoms with Crippen LogP contribution in [0.4, 0.5) is 0 Å². The highest BCUT2D eigenvalue weighted by Crippen LogP contribution is 2.31. The molecule has 2 aromatic rings. The van der Waals surface area contributed by atoms with Crippen LogP contribution in [0.25, 0.3) is 6.08 Å². The summed E-state index contributed by atoms with van der Waals surface area (Å²) < 4.78 is 0. The highest BCUT2D eigenvalue weighted by molar-refractivity contribution is 5.90. The zero-order chi connectivity index (χ0) is 17.6. The van der Waals surface area contributed by atoms with Crippen molar-refractivity contribution >= 4 is 12.0 Å². The third-order valence-corrected chi connectivity index (χ3v) is 4.39. The molecule has 1 aliphatic rings. The van der Waals surface area contributed by atoms with Gasteiger partial charge in [-0.05, 0) is 41.8 Å². The zero-order valence-corrected chi connectivity index (χ0v) is 14.2. The van der Waals surface area contributed by atoms with Crippen LogP contribution in [0.15, 0.2) is 30.3 Å². The van der Waals surface area contributed by atoms with E-state index in [4.69, 9.17) is 5.21 Å². The van der Waals surface area contributed by atoms with Gasteiger partial charge in [0.1, 0.15) is 0 Å². The molecule has 1 atom stereocenters. The third-order valence-electron chi connectivity index (χ3n) is 4.39. The number of aryl methyl sites for hydroxylation is 1. The molecule has 1 fully saturated rings. The van der Waals surface area contributed by atoms with Crippen LogP contribution in [0.5, 0.6) is 0 Å². The fourth-order valence-electron chi connectivity index (χ4n) is 3.18. The molecule has 0 spiro atoms. The lowest BCUT2D eigenvalue weighted by molar-refractivity contribution is -0.124. The van der Waals surface area contributed by atoms with Crippen molar-refractivity contribution in [3.63, 3.8) is 0 Å². The normalized spacial score (nSPS) is 18.1. The Bertz CT molecular complexity index is 740. The van der Waals surface area contributed by atoms with Crippen molar-refractivity contribution in [1.29, 1.82) is 0 Å². The molecule has 1 aromatic carbocycles. The van der Waals surface area contributed by atoms with Crippen molar-refractivity contribution in [2.75, 3.05) is 13.1 Å². The number of hydroxylamine groups is 1. The summed E-state index contributed by atoms with van der Waals surface area (Å²) in [6.45, 7) is 1.98. The van der Waals surface area contributed by atoms with Crippen LogP contribution < -0.4 is 5.48 Å². The maximum absolute atomic E-state index is 11.0. The Balaban J connectivity index is 1.61. The third kappa shape index (κ3) is 4.49. The van der Waals surface area contributed by atoms with Gasteiger partial charge in [-0.15, -0.1) is 10.2 Å². The number of amides is 1. The summed E-state index contributed by atoms with van der Waals surface area (Å²) >= 11 is 0. The average Bonchev–Trinajstić information content (AvgIpc) is 3.27. The minimum absolute atomic E-state index is 0.399. The van der Waals surface area contributed by atoms with Crippen molar-refractivity contribution in [2.45, 2.75) is 25.3 Å². The summed E-state index contributed by atoms with van der Waals surface area (Å²) in [6, 6.07) is 8.56. The smallest absolute Gasteiger partial charge is 0.267 e. The quantitative estimate of drug-likeness (QED) is 0.464. The van der Waals surface area contributed by atoms with Gasteiger partial charge >= 0.3 is 0 Å². The summed E-state index contributed by atoms with van der Waals surface area (Å²) in [5, 5.41) is 20.6. The highest BCUT2D eigenvalue weighted by atomic mass is 16.5. The van der Waals surface area contributed by atoms with Gasteiger partial charge in [-0.3, -0.25) is 14.9 Å². The molecule has 0 bridgehead atoms. The van der Waals surface area contributed by atoms with E-state index in [9.17, 15) is 4.79 Å². The Hall–Kier alpha value is -2.58. The molecule has 25 heavy (non-hydrogen) atoms. The van der Waals surface area contributed by atoms with Gasteiger partial charge in [-0.25, -0.2) is 5.48 Å². The zero-order valence-electron chi connectivity index (χ0n) is 14.2. The second-order valence-electron chi connectivity index (χ2n) is 6.12. The van der Waals surface area contributed by atoms with E-state index in [1.54, 1.807) is 18.6 Å². The molecule has 0 aliphatic carbocycles. The largest absolute Gasteiger partial charge is 0.296 e. The molecular formula is C17H22N6O2. The number of carbonyl (C=O) groups excluding carboxylic acids is 1. The fourth-order valence-corrected chi connectivity index (χ4v) is 3.18. The second kappa shape index (κ2) is 8.00. The number of rotatable bonds is 6. The van der Waals surface area contributed by atoms with Crippen LogP contribution in [0.1, 0.15) is 35.8 Å². The molecule has 8 heteroatoms. The molecule has 1 aromatic heterocycles. The molecule has 1 saturated heterocycles. The fraction of sp³-hybridized carbons (Fsp3) is 0.412. The minimum atomic E-state index is -0.538. The number of nitrogens with zero attached hydrogens (tertiary/aromatic N) is 5. The lowest BCUT2D eigenvalue weighted by atomic mass is 10.0. The SMILES string of the molecule is Cn1nnc(CCN2CCCC2c2ccc(/C=C/C(=O)NO)cc2)n1. The topological polar surface area (TPSA) is 96.2 Å². The molecule has 1 unspecified atom stereocenters. The van der Waals surface area contributed by atoms with E-state index in [1.807, 2.05) is 12.1 Å². The van der Waals surface area contributed by atoms with Crippen LogP contribution in [-0.2, 0) is 18.3 Å². The number of hydrogen-bond acceptors (Lipinski definition) is 6. The first-order valence-electron chi connectivity index (χ1n) is 8.35. The van der Waals surface area contributed by atoms with Crippen molar-refractivity contribution in [1.82, 2.24) is 30.6 Å². The van der Waals surface area contributed by atoms with E-state index >= 15 is 0 Å². The van der Waals surface area contributed by atoms with Gasteiger partial charge in [0, 0.05) is 25.1 Å². The number of likely N-dealkylation sites (tertiary alicyclic amines) is 1. The highest BCUT2D eigenvalue weighted by Gasteiger charge is 2.25. The van der Waals surface area contributed by atoms with E-state index < -0.39 is 5.91 Å².